The maximum absolute atomic E-state index is 11.8. The van der Waals surface area contributed by atoms with E-state index >= 15 is 0 Å². The molecule has 0 spiro atoms. The number of aromatic hydroxyl groups is 1. The van der Waals surface area contributed by atoms with E-state index in [0.717, 1.165) is 37.1 Å². The molecule has 2 aromatic carbocycles. The summed E-state index contributed by atoms with van der Waals surface area (Å²) in [5.41, 5.74) is 3.36. The van der Waals surface area contributed by atoms with E-state index in [-0.39, 0.29) is 11.3 Å². The van der Waals surface area contributed by atoms with Crippen LogP contribution in [0.15, 0.2) is 41.3 Å². The van der Waals surface area contributed by atoms with Gasteiger partial charge in [-0.25, -0.2) is 8.42 Å². The Morgan fingerprint density at radius 1 is 1.11 bits per heavy atom. The summed E-state index contributed by atoms with van der Waals surface area (Å²) in [7, 11) is -1.63. The van der Waals surface area contributed by atoms with Crippen molar-refractivity contribution in [2.75, 3.05) is 13.4 Å². The lowest BCUT2D eigenvalue weighted by Gasteiger charge is -2.35. The van der Waals surface area contributed by atoms with Crippen molar-refractivity contribution in [3.8, 4) is 11.5 Å². The number of benzene rings is 2. The average Bonchev–Trinajstić information content (AvgIpc) is 3.04. The van der Waals surface area contributed by atoms with Gasteiger partial charge in [0.1, 0.15) is 0 Å². The van der Waals surface area contributed by atoms with E-state index in [1.54, 1.807) is 19.2 Å². The minimum Gasteiger partial charge on any atom is -0.504 e. The number of sulfone groups is 1. The molecule has 6 heteroatoms. The smallest absolute Gasteiger partial charge is 0.175 e. The normalized spacial score (nSPS) is 15.0. The second kappa shape index (κ2) is 7.17. The molecular formula is C21H27NO4S. The van der Waals surface area contributed by atoms with Gasteiger partial charge in [0.15, 0.2) is 21.3 Å². The molecular weight excluding hydrogens is 362 g/mol. The van der Waals surface area contributed by atoms with Crippen LogP contribution in [0.2, 0.25) is 0 Å². The van der Waals surface area contributed by atoms with Gasteiger partial charge in [-0.15, -0.1) is 0 Å². The molecule has 1 aliphatic heterocycles. The van der Waals surface area contributed by atoms with Crippen LogP contribution < -0.4 is 4.74 Å². The van der Waals surface area contributed by atoms with Crippen LogP contribution in [0.4, 0.5) is 0 Å². The molecule has 0 saturated carbocycles. The van der Waals surface area contributed by atoms with Gasteiger partial charge < -0.3 is 9.84 Å². The zero-order valence-electron chi connectivity index (χ0n) is 16.3. The van der Waals surface area contributed by atoms with Crippen LogP contribution >= 0.6 is 0 Å². The number of methoxy groups -OCH3 is 1. The van der Waals surface area contributed by atoms with Gasteiger partial charge in [-0.2, -0.15) is 0 Å². The molecule has 0 radical (unpaired) electrons. The van der Waals surface area contributed by atoms with E-state index in [0.29, 0.717) is 10.6 Å². The Balaban J connectivity index is 1.70. The monoisotopic (exact) mass is 389 g/mol. The minimum absolute atomic E-state index is 0.0462. The third-order valence-corrected chi connectivity index (χ3v) is 6.56. The molecule has 5 nitrogen and oxygen atoms in total. The highest BCUT2D eigenvalue weighted by Gasteiger charge is 2.32. The van der Waals surface area contributed by atoms with Gasteiger partial charge in [-0.3, -0.25) is 4.90 Å². The van der Waals surface area contributed by atoms with Crippen molar-refractivity contribution < 1.29 is 18.3 Å². The number of nitrogens with zero attached hydrogens (tertiary/aromatic N) is 1. The molecule has 27 heavy (non-hydrogen) atoms. The Morgan fingerprint density at radius 2 is 1.81 bits per heavy atom. The Labute approximate surface area is 161 Å². The first kappa shape index (κ1) is 19.7. The van der Waals surface area contributed by atoms with E-state index in [1.165, 1.54) is 11.8 Å². The Kier molecular flexibility index (Phi) is 5.23. The fraction of sp³-hybridized carbons (Fsp3) is 0.429. The third kappa shape index (κ3) is 4.28. The second-order valence-corrected chi connectivity index (χ2v) is 9.89. The molecule has 1 heterocycles. The first-order valence-electron chi connectivity index (χ1n) is 9.03. The average molecular weight is 390 g/mol. The molecule has 146 valence electrons. The van der Waals surface area contributed by atoms with E-state index in [2.05, 4.69) is 18.7 Å². The van der Waals surface area contributed by atoms with Crippen molar-refractivity contribution in [3.05, 3.63) is 53.1 Å². The molecule has 3 rings (SSSR count). The summed E-state index contributed by atoms with van der Waals surface area (Å²) in [6, 6.07) is 10.9. The quantitative estimate of drug-likeness (QED) is 0.819. The molecule has 0 fully saturated rings. The van der Waals surface area contributed by atoms with Crippen molar-refractivity contribution in [1.29, 1.82) is 0 Å². The van der Waals surface area contributed by atoms with Crippen LogP contribution in [0.25, 0.3) is 0 Å². The Bertz CT molecular complexity index is 951. The summed E-state index contributed by atoms with van der Waals surface area (Å²) in [5.74, 6) is 0.643. The van der Waals surface area contributed by atoms with Crippen molar-refractivity contribution >= 4 is 9.84 Å². The number of aryl methyl sites for hydroxylation is 1. The highest BCUT2D eigenvalue weighted by molar-refractivity contribution is 7.90. The number of phenols is 1. The highest BCUT2D eigenvalue weighted by atomic mass is 32.2. The van der Waals surface area contributed by atoms with Crippen LogP contribution in [-0.4, -0.2) is 37.3 Å². The number of ether oxygens (including phenoxy) is 1. The number of hydrogen-bond donors (Lipinski definition) is 1. The zero-order valence-corrected chi connectivity index (χ0v) is 17.1. The summed E-state index contributed by atoms with van der Waals surface area (Å²) in [6.07, 6.45) is 3.05. The number of phenolic OH excluding ortho intramolecular Hbond substituents is 1. The molecule has 0 atom stereocenters. The van der Waals surface area contributed by atoms with Crippen LogP contribution in [-0.2, 0) is 29.3 Å². The summed E-state index contributed by atoms with van der Waals surface area (Å²) >= 11 is 0. The van der Waals surface area contributed by atoms with Crippen molar-refractivity contribution in [2.45, 2.75) is 50.2 Å². The van der Waals surface area contributed by atoms with Crippen LogP contribution in [0, 0.1) is 0 Å². The van der Waals surface area contributed by atoms with E-state index < -0.39 is 9.84 Å². The molecule has 1 N–H and O–H groups in total. The van der Waals surface area contributed by atoms with Gasteiger partial charge in [0.2, 0.25) is 0 Å². The molecule has 0 amide bonds. The largest absolute Gasteiger partial charge is 0.504 e. The van der Waals surface area contributed by atoms with Gasteiger partial charge in [0, 0.05) is 24.9 Å². The first-order valence-corrected chi connectivity index (χ1v) is 10.9. The molecule has 0 aromatic heterocycles. The van der Waals surface area contributed by atoms with Crippen molar-refractivity contribution in [2.24, 2.45) is 0 Å². The summed E-state index contributed by atoms with van der Waals surface area (Å²) in [5, 5.41) is 9.74. The standard InChI is InChI=1S/C21H27NO4S/c1-21(2,10-9-15-5-8-19(23)20(11-15)26-3)22-13-16-6-7-18(27(4,24)25)12-17(16)14-22/h5-8,11-12,23H,9-10,13-14H2,1-4H3. The molecule has 0 unspecified atom stereocenters. The third-order valence-electron chi connectivity index (χ3n) is 5.45. The van der Waals surface area contributed by atoms with E-state index in [4.69, 9.17) is 4.74 Å². The number of fused-ring (bicyclic) bond motifs is 1. The molecule has 0 bridgehead atoms. The molecule has 0 aliphatic carbocycles. The van der Waals surface area contributed by atoms with Crippen molar-refractivity contribution in [1.82, 2.24) is 4.90 Å². The SMILES string of the molecule is COc1cc(CCC(C)(C)N2Cc3ccc(S(C)(=O)=O)cc3C2)ccc1O. The topological polar surface area (TPSA) is 66.8 Å². The predicted octanol–water partition coefficient (Wildman–Crippen LogP) is 3.53. The minimum atomic E-state index is -3.18. The van der Waals surface area contributed by atoms with E-state index in [9.17, 15) is 13.5 Å². The first-order chi connectivity index (χ1) is 12.6. The summed E-state index contributed by atoms with van der Waals surface area (Å²) in [6.45, 7) is 6.01. The number of rotatable bonds is 6. The van der Waals surface area contributed by atoms with Gasteiger partial charge in [-0.1, -0.05) is 12.1 Å². The van der Waals surface area contributed by atoms with Gasteiger partial charge >= 0.3 is 0 Å². The Morgan fingerprint density at radius 3 is 2.48 bits per heavy atom. The number of hydrogen-bond acceptors (Lipinski definition) is 5. The van der Waals surface area contributed by atoms with Crippen LogP contribution in [0.3, 0.4) is 0 Å². The van der Waals surface area contributed by atoms with Crippen LogP contribution in [0.5, 0.6) is 11.5 Å². The summed E-state index contributed by atoms with van der Waals surface area (Å²) in [4.78, 5) is 2.78. The molecule has 2 aromatic rings. The molecule has 0 saturated heterocycles. The maximum Gasteiger partial charge on any atom is 0.175 e. The van der Waals surface area contributed by atoms with Gasteiger partial charge in [0.25, 0.3) is 0 Å². The van der Waals surface area contributed by atoms with Crippen molar-refractivity contribution in [3.63, 3.8) is 0 Å². The fourth-order valence-corrected chi connectivity index (χ4v) is 4.19. The molecule has 1 aliphatic rings. The Hall–Kier alpha value is -2.05. The lowest BCUT2D eigenvalue weighted by atomic mass is 9.93. The second-order valence-electron chi connectivity index (χ2n) is 7.88. The van der Waals surface area contributed by atoms with E-state index in [1.807, 2.05) is 24.3 Å². The lowest BCUT2D eigenvalue weighted by molar-refractivity contribution is 0.109. The van der Waals surface area contributed by atoms with Gasteiger partial charge in [-0.05, 0) is 67.6 Å². The maximum atomic E-state index is 11.8. The van der Waals surface area contributed by atoms with Crippen LogP contribution in [0.1, 0.15) is 37.0 Å². The zero-order chi connectivity index (χ0) is 19.8. The predicted molar refractivity (Wildman–Crippen MR) is 106 cm³/mol. The highest BCUT2D eigenvalue weighted by Crippen LogP contribution is 2.34. The lowest BCUT2D eigenvalue weighted by Crippen LogP contribution is -2.40. The fourth-order valence-electron chi connectivity index (χ4n) is 3.52. The van der Waals surface area contributed by atoms with Gasteiger partial charge in [0.05, 0.1) is 12.0 Å². The summed E-state index contributed by atoms with van der Waals surface area (Å²) < 4.78 is 28.8.